The zero-order chi connectivity index (χ0) is 18.3. The third-order valence-electron chi connectivity index (χ3n) is 5.12. The summed E-state index contributed by atoms with van der Waals surface area (Å²) in [6.45, 7) is 11.3. The Bertz CT molecular complexity index is 328. The van der Waals surface area contributed by atoms with Crippen LogP contribution in [0.15, 0.2) is 9.67 Å². The van der Waals surface area contributed by atoms with E-state index in [1.54, 1.807) is 3.59 Å². The molecular formula is C21H42O2Sn. The number of carbonyl (C=O) groups excluding carboxylic acids is 1. The predicted octanol–water partition coefficient (Wildman–Crippen LogP) is 7.05. The van der Waals surface area contributed by atoms with Crippen LogP contribution in [-0.4, -0.2) is 31.0 Å². The molecular weight excluding hydrogens is 403 g/mol. The van der Waals surface area contributed by atoms with E-state index in [-0.39, 0.29) is 5.97 Å². The van der Waals surface area contributed by atoms with Gasteiger partial charge in [-0.15, -0.1) is 0 Å². The first-order valence-electron chi connectivity index (χ1n) is 10.4. The summed E-state index contributed by atoms with van der Waals surface area (Å²) in [5, 5.41) is 0. The normalized spacial score (nSPS) is 12.5. The molecule has 0 aliphatic heterocycles. The summed E-state index contributed by atoms with van der Waals surface area (Å²) in [5.74, 6) is -0.155. The minimum absolute atomic E-state index is 0.155. The van der Waals surface area contributed by atoms with Gasteiger partial charge in [0.15, 0.2) is 0 Å². The molecule has 0 heterocycles. The topological polar surface area (TPSA) is 26.3 Å². The monoisotopic (exact) mass is 446 g/mol. The molecule has 0 aliphatic carbocycles. The average molecular weight is 445 g/mol. The molecule has 0 atom stereocenters. The molecule has 24 heavy (non-hydrogen) atoms. The van der Waals surface area contributed by atoms with Gasteiger partial charge < -0.3 is 0 Å². The van der Waals surface area contributed by atoms with Crippen molar-refractivity contribution in [1.29, 1.82) is 0 Å². The SMILES string of the molecule is CCCC/[C](=C\COC(C)=O)[Sn]([CH2]CCC)([CH2]CCC)[CH2]CCC. The molecule has 0 amide bonds. The van der Waals surface area contributed by atoms with Gasteiger partial charge in [0.25, 0.3) is 0 Å². The Morgan fingerprint density at radius 2 is 1.29 bits per heavy atom. The Hall–Kier alpha value is 0.00870. The summed E-state index contributed by atoms with van der Waals surface area (Å²) in [5.41, 5.74) is 0. The molecule has 0 N–H and O–H groups in total. The van der Waals surface area contributed by atoms with Gasteiger partial charge in [0.2, 0.25) is 0 Å². The molecule has 0 radical (unpaired) electrons. The predicted molar refractivity (Wildman–Crippen MR) is 109 cm³/mol. The van der Waals surface area contributed by atoms with Crippen LogP contribution in [0, 0.1) is 0 Å². The molecule has 3 heteroatoms. The van der Waals surface area contributed by atoms with Crippen LogP contribution in [0.4, 0.5) is 0 Å². The molecule has 142 valence electrons. The molecule has 0 saturated heterocycles. The van der Waals surface area contributed by atoms with Crippen molar-refractivity contribution in [3.05, 3.63) is 9.67 Å². The first-order chi connectivity index (χ1) is 11.6. The fraction of sp³-hybridized carbons (Fsp3) is 0.857. The summed E-state index contributed by atoms with van der Waals surface area (Å²) in [6.07, 6.45) is 14.2. The van der Waals surface area contributed by atoms with Crippen molar-refractivity contribution < 1.29 is 9.53 Å². The molecule has 0 aromatic heterocycles. The van der Waals surface area contributed by atoms with Gasteiger partial charge in [0.05, 0.1) is 0 Å². The first kappa shape index (κ1) is 24.0. The van der Waals surface area contributed by atoms with E-state index in [1.807, 2.05) is 0 Å². The second kappa shape index (κ2) is 15.3. The average Bonchev–Trinajstić information content (AvgIpc) is 2.57. The zero-order valence-electron chi connectivity index (χ0n) is 17.1. The summed E-state index contributed by atoms with van der Waals surface area (Å²) >= 11 is -2.33. The fourth-order valence-corrected chi connectivity index (χ4v) is 20.8. The van der Waals surface area contributed by atoms with Crippen LogP contribution in [0.5, 0.6) is 0 Å². The van der Waals surface area contributed by atoms with Crippen molar-refractivity contribution in [1.82, 2.24) is 0 Å². The number of esters is 1. The summed E-state index contributed by atoms with van der Waals surface area (Å²) in [7, 11) is 0. The van der Waals surface area contributed by atoms with E-state index in [1.165, 1.54) is 78.0 Å². The van der Waals surface area contributed by atoms with Gasteiger partial charge in [-0.25, -0.2) is 0 Å². The van der Waals surface area contributed by atoms with E-state index >= 15 is 0 Å². The van der Waals surface area contributed by atoms with E-state index < -0.39 is 18.4 Å². The molecule has 0 aromatic rings. The van der Waals surface area contributed by atoms with Crippen molar-refractivity contribution in [2.45, 2.75) is 106 Å². The quantitative estimate of drug-likeness (QED) is 0.199. The van der Waals surface area contributed by atoms with E-state index in [2.05, 4.69) is 33.8 Å². The summed E-state index contributed by atoms with van der Waals surface area (Å²) in [6, 6.07) is 0. The second-order valence-electron chi connectivity index (χ2n) is 7.23. The summed E-state index contributed by atoms with van der Waals surface area (Å²) in [4.78, 5) is 11.2. The number of ether oxygens (including phenoxy) is 1. The Morgan fingerprint density at radius 3 is 1.67 bits per heavy atom. The van der Waals surface area contributed by atoms with Crippen molar-refractivity contribution in [3.8, 4) is 0 Å². The second-order valence-corrected chi connectivity index (χ2v) is 20.6. The van der Waals surface area contributed by atoms with Gasteiger partial charge in [-0.1, -0.05) is 0 Å². The van der Waals surface area contributed by atoms with Gasteiger partial charge in [-0.05, 0) is 0 Å². The van der Waals surface area contributed by atoms with Crippen LogP contribution >= 0.6 is 0 Å². The van der Waals surface area contributed by atoms with Crippen molar-refractivity contribution in [2.75, 3.05) is 6.61 Å². The minimum atomic E-state index is -2.33. The van der Waals surface area contributed by atoms with E-state index in [9.17, 15) is 4.79 Å². The van der Waals surface area contributed by atoms with Crippen molar-refractivity contribution in [2.24, 2.45) is 0 Å². The van der Waals surface area contributed by atoms with Crippen LogP contribution in [0.2, 0.25) is 13.3 Å². The van der Waals surface area contributed by atoms with Gasteiger partial charge in [-0.3, -0.25) is 0 Å². The molecule has 0 aromatic carbocycles. The van der Waals surface area contributed by atoms with Gasteiger partial charge in [0.1, 0.15) is 0 Å². The Kier molecular flexibility index (Phi) is 15.3. The van der Waals surface area contributed by atoms with Crippen LogP contribution in [0.1, 0.15) is 92.4 Å². The molecule has 0 saturated carbocycles. The molecule has 0 rings (SSSR count). The van der Waals surface area contributed by atoms with E-state index in [0.29, 0.717) is 6.61 Å². The van der Waals surface area contributed by atoms with Crippen molar-refractivity contribution in [3.63, 3.8) is 0 Å². The maximum atomic E-state index is 11.2. The number of carbonyl (C=O) groups is 1. The number of unbranched alkanes of at least 4 members (excludes halogenated alkanes) is 4. The number of hydrogen-bond acceptors (Lipinski definition) is 2. The van der Waals surface area contributed by atoms with Crippen LogP contribution < -0.4 is 0 Å². The van der Waals surface area contributed by atoms with Crippen LogP contribution in [0.25, 0.3) is 0 Å². The fourth-order valence-electron chi connectivity index (χ4n) is 3.61. The standard InChI is InChI=1S/C9H15O2.3C4H9.Sn/c1-3-4-5-6-7-8-11-9(2)10;3*1-3-4-2;/h7H,3-5,8H2,1-2H3;3*1,3-4H2,2H3;. The van der Waals surface area contributed by atoms with Crippen LogP contribution in [-0.2, 0) is 9.53 Å². The Balaban J connectivity index is 5.45. The van der Waals surface area contributed by atoms with E-state index in [0.717, 1.165) is 0 Å². The molecule has 2 nitrogen and oxygen atoms in total. The zero-order valence-corrected chi connectivity index (χ0v) is 19.9. The van der Waals surface area contributed by atoms with Crippen molar-refractivity contribution >= 4 is 24.3 Å². The number of allylic oxidation sites excluding steroid dienone is 1. The Labute approximate surface area is 155 Å². The molecule has 0 aliphatic rings. The van der Waals surface area contributed by atoms with Gasteiger partial charge in [0, 0.05) is 0 Å². The van der Waals surface area contributed by atoms with Gasteiger partial charge >= 0.3 is 156 Å². The number of rotatable bonds is 15. The molecule has 0 spiro atoms. The molecule has 0 fully saturated rings. The Morgan fingerprint density at radius 1 is 0.833 bits per heavy atom. The van der Waals surface area contributed by atoms with E-state index in [4.69, 9.17) is 4.74 Å². The third-order valence-corrected chi connectivity index (χ3v) is 21.5. The number of hydrogen-bond donors (Lipinski definition) is 0. The van der Waals surface area contributed by atoms with Gasteiger partial charge in [-0.2, -0.15) is 0 Å². The molecule has 0 bridgehead atoms. The maximum absolute atomic E-state index is 11.2. The molecule has 0 unspecified atom stereocenters. The first-order valence-corrected chi connectivity index (χ1v) is 17.9. The van der Waals surface area contributed by atoms with Crippen LogP contribution in [0.3, 0.4) is 0 Å². The third kappa shape index (κ3) is 10.1. The summed E-state index contributed by atoms with van der Waals surface area (Å²) < 4.78 is 11.6.